The van der Waals surface area contributed by atoms with E-state index in [1.807, 2.05) is 0 Å². The van der Waals surface area contributed by atoms with Crippen LogP contribution < -0.4 is 5.32 Å². The third-order valence-electron chi connectivity index (χ3n) is 2.18. The first kappa shape index (κ1) is 12.7. The first-order valence-electron chi connectivity index (χ1n) is 5.40. The summed E-state index contributed by atoms with van der Waals surface area (Å²) in [7, 11) is 0. The fourth-order valence-corrected chi connectivity index (χ4v) is 1.29. The van der Waals surface area contributed by atoms with E-state index in [0.29, 0.717) is 6.04 Å². The molecule has 0 fully saturated rings. The van der Waals surface area contributed by atoms with Gasteiger partial charge in [-0.3, -0.25) is 0 Å². The van der Waals surface area contributed by atoms with Gasteiger partial charge < -0.3 is 5.32 Å². The van der Waals surface area contributed by atoms with E-state index in [0.717, 1.165) is 12.5 Å². The highest BCUT2D eigenvalue weighted by atomic mass is 14.9. The summed E-state index contributed by atoms with van der Waals surface area (Å²) in [6.45, 7) is 13.9. The summed E-state index contributed by atoms with van der Waals surface area (Å²) in [4.78, 5) is 0. The van der Waals surface area contributed by atoms with Crippen molar-refractivity contribution in [2.24, 2.45) is 5.92 Å². The minimum Gasteiger partial charge on any atom is -0.314 e. The Morgan fingerprint density at radius 1 is 1.31 bits per heavy atom. The Morgan fingerprint density at radius 3 is 2.38 bits per heavy atom. The summed E-state index contributed by atoms with van der Waals surface area (Å²) in [6, 6.07) is 0.614. The van der Waals surface area contributed by atoms with Gasteiger partial charge in [0.2, 0.25) is 0 Å². The number of rotatable bonds is 7. The van der Waals surface area contributed by atoms with Crippen LogP contribution in [0.25, 0.3) is 0 Å². The second kappa shape index (κ2) is 7.14. The maximum atomic E-state index is 3.91. The van der Waals surface area contributed by atoms with Crippen LogP contribution in [-0.4, -0.2) is 12.6 Å². The van der Waals surface area contributed by atoms with Crippen molar-refractivity contribution in [1.82, 2.24) is 5.32 Å². The van der Waals surface area contributed by atoms with Crippen molar-refractivity contribution in [3.8, 4) is 0 Å². The fraction of sp³-hybridized carbons (Fsp3) is 0.833. The van der Waals surface area contributed by atoms with E-state index in [2.05, 4.69) is 39.6 Å². The molecule has 0 rings (SSSR count). The predicted molar refractivity (Wildman–Crippen MR) is 61.0 cm³/mol. The first-order chi connectivity index (χ1) is 6.02. The molecule has 0 aliphatic rings. The van der Waals surface area contributed by atoms with Crippen molar-refractivity contribution in [3.63, 3.8) is 0 Å². The molecule has 0 aromatic carbocycles. The van der Waals surface area contributed by atoms with Crippen LogP contribution in [0.4, 0.5) is 0 Å². The maximum absolute atomic E-state index is 3.91. The first-order valence-corrected chi connectivity index (χ1v) is 5.40. The van der Waals surface area contributed by atoms with Crippen molar-refractivity contribution >= 4 is 0 Å². The van der Waals surface area contributed by atoms with Crippen LogP contribution in [0.3, 0.4) is 0 Å². The third kappa shape index (κ3) is 9.62. The summed E-state index contributed by atoms with van der Waals surface area (Å²) >= 11 is 0. The van der Waals surface area contributed by atoms with Gasteiger partial charge in [0.05, 0.1) is 0 Å². The molecule has 78 valence electrons. The molecular weight excluding hydrogens is 158 g/mol. The van der Waals surface area contributed by atoms with E-state index >= 15 is 0 Å². The van der Waals surface area contributed by atoms with Crippen LogP contribution in [0.15, 0.2) is 12.2 Å². The number of allylic oxidation sites excluding steroid dienone is 1. The molecule has 0 aromatic heterocycles. The number of hydrogen-bond acceptors (Lipinski definition) is 1. The van der Waals surface area contributed by atoms with Crippen LogP contribution in [0.1, 0.15) is 47.0 Å². The summed E-state index contributed by atoms with van der Waals surface area (Å²) in [5.41, 5.74) is 1.31. The summed E-state index contributed by atoms with van der Waals surface area (Å²) < 4.78 is 0. The predicted octanol–water partition coefficient (Wildman–Crippen LogP) is 3.37. The zero-order valence-corrected chi connectivity index (χ0v) is 9.69. The van der Waals surface area contributed by atoms with Gasteiger partial charge in [-0.25, -0.2) is 0 Å². The highest BCUT2D eigenvalue weighted by Gasteiger charge is 2.02. The molecule has 0 aliphatic heterocycles. The molecule has 1 heteroatoms. The lowest BCUT2D eigenvalue weighted by Crippen LogP contribution is -2.27. The minimum absolute atomic E-state index is 0.614. The Morgan fingerprint density at radius 2 is 1.92 bits per heavy atom. The highest BCUT2D eigenvalue weighted by Crippen LogP contribution is 2.10. The molecule has 1 unspecified atom stereocenters. The second-order valence-corrected chi connectivity index (χ2v) is 4.52. The number of nitrogens with one attached hydrogen (secondary N) is 1. The monoisotopic (exact) mass is 183 g/mol. The average molecular weight is 183 g/mol. The van der Waals surface area contributed by atoms with E-state index < -0.39 is 0 Å². The van der Waals surface area contributed by atoms with Gasteiger partial charge in [-0.15, -0.1) is 6.58 Å². The van der Waals surface area contributed by atoms with E-state index in [1.165, 1.54) is 24.8 Å². The molecule has 13 heavy (non-hydrogen) atoms. The molecular formula is C12H25N. The molecule has 0 aromatic rings. The fourth-order valence-electron chi connectivity index (χ4n) is 1.29. The quantitative estimate of drug-likeness (QED) is 0.597. The summed E-state index contributed by atoms with van der Waals surface area (Å²) in [5.74, 6) is 0.793. The van der Waals surface area contributed by atoms with Crippen molar-refractivity contribution in [3.05, 3.63) is 12.2 Å². The van der Waals surface area contributed by atoms with Gasteiger partial charge >= 0.3 is 0 Å². The van der Waals surface area contributed by atoms with Crippen LogP contribution in [0, 0.1) is 5.92 Å². The molecule has 1 N–H and O–H groups in total. The molecule has 0 radical (unpaired) electrons. The lowest BCUT2D eigenvalue weighted by atomic mass is 10.0. The number of hydrogen-bond donors (Lipinski definition) is 1. The van der Waals surface area contributed by atoms with E-state index in [1.54, 1.807) is 0 Å². The van der Waals surface area contributed by atoms with Gasteiger partial charge in [0.1, 0.15) is 0 Å². The third-order valence-corrected chi connectivity index (χ3v) is 2.18. The van der Waals surface area contributed by atoms with E-state index in [4.69, 9.17) is 0 Å². The van der Waals surface area contributed by atoms with Crippen molar-refractivity contribution in [2.45, 2.75) is 53.0 Å². The molecule has 0 spiro atoms. The van der Waals surface area contributed by atoms with Gasteiger partial charge in [0, 0.05) is 6.04 Å². The molecule has 0 aliphatic carbocycles. The minimum atomic E-state index is 0.614. The topological polar surface area (TPSA) is 12.0 Å². The van der Waals surface area contributed by atoms with Crippen molar-refractivity contribution in [2.75, 3.05) is 6.54 Å². The van der Waals surface area contributed by atoms with Crippen LogP contribution in [0.2, 0.25) is 0 Å². The zero-order chi connectivity index (χ0) is 10.3. The smallest absolute Gasteiger partial charge is 0.00104 e. The Kier molecular flexibility index (Phi) is 6.97. The van der Waals surface area contributed by atoms with E-state index in [-0.39, 0.29) is 0 Å². The SMILES string of the molecule is C=C(C)CCCC(C)CNC(C)C. The van der Waals surface area contributed by atoms with Crippen molar-refractivity contribution in [1.29, 1.82) is 0 Å². The molecule has 0 saturated carbocycles. The van der Waals surface area contributed by atoms with Gasteiger partial charge in [-0.1, -0.05) is 26.3 Å². The van der Waals surface area contributed by atoms with Crippen LogP contribution in [0.5, 0.6) is 0 Å². The van der Waals surface area contributed by atoms with Gasteiger partial charge in [-0.2, -0.15) is 0 Å². The molecule has 0 heterocycles. The van der Waals surface area contributed by atoms with Crippen molar-refractivity contribution < 1.29 is 0 Å². The lowest BCUT2D eigenvalue weighted by molar-refractivity contribution is 0.443. The second-order valence-electron chi connectivity index (χ2n) is 4.52. The normalized spacial score (nSPS) is 13.3. The Balaban J connectivity index is 3.29. The molecule has 1 atom stereocenters. The summed E-state index contributed by atoms with van der Waals surface area (Å²) in [5, 5.41) is 3.46. The van der Waals surface area contributed by atoms with Gasteiger partial charge in [0.15, 0.2) is 0 Å². The maximum Gasteiger partial charge on any atom is 0.00104 e. The molecule has 1 nitrogen and oxygen atoms in total. The van der Waals surface area contributed by atoms with E-state index in [9.17, 15) is 0 Å². The van der Waals surface area contributed by atoms with Gasteiger partial charge in [0.25, 0.3) is 0 Å². The molecule has 0 amide bonds. The Bertz CT molecular complexity index is 138. The van der Waals surface area contributed by atoms with Crippen LogP contribution in [-0.2, 0) is 0 Å². The Labute approximate surface area is 83.6 Å². The standard InChI is InChI=1S/C12H25N/c1-10(2)7-6-8-12(5)9-13-11(3)4/h11-13H,1,6-9H2,2-5H3. The molecule has 0 saturated heterocycles. The highest BCUT2D eigenvalue weighted by molar-refractivity contribution is 4.87. The van der Waals surface area contributed by atoms with Crippen LogP contribution >= 0.6 is 0 Å². The Hall–Kier alpha value is -0.300. The molecule has 0 bridgehead atoms. The largest absolute Gasteiger partial charge is 0.314 e. The zero-order valence-electron chi connectivity index (χ0n) is 9.69. The summed E-state index contributed by atoms with van der Waals surface area (Å²) in [6.07, 6.45) is 3.79. The average Bonchev–Trinajstić information content (AvgIpc) is 2.00. The lowest BCUT2D eigenvalue weighted by Gasteiger charge is -2.14. The van der Waals surface area contributed by atoms with Gasteiger partial charge in [-0.05, 0) is 38.6 Å².